The zero-order valence-corrected chi connectivity index (χ0v) is 12.0. The molecule has 1 saturated heterocycles. The van der Waals surface area contributed by atoms with E-state index in [0.717, 1.165) is 18.6 Å². The van der Waals surface area contributed by atoms with Crippen LogP contribution in [0.2, 0.25) is 0 Å². The average molecular weight is 238 g/mol. The minimum atomic E-state index is 0.595. The van der Waals surface area contributed by atoms with Gasteiger partial charge in [-0.1, -0.05) is 20.8 Å². The second-order valence-electron chi connectivity index (χ2n) is 6.76. The summed E-state index contributed by atoms with van der Waals surface area (Å²) in [6, 6.07) is 1.69. The van der Waals surface area contributed by atoms with Crippen LogP contribution in [0.1, 0.15) is 59.3 Å². The summed E-state index contributed by atoms with van der Waals surface area (Å²) in [5.41, 5.74) is 0.595. The molecule has 1 aliphatic heterocycles. The van der Waals surface area contributed by atoms with Crippen LogP contribution in [0, 0.1) is 5.41 Å². The summed E-state index contributed by atoms with van der Waals surface area (Å²) in [6.45, 7) is 10.9. The molecule has 0 aromatic heterocycles. The van der Waals surface area contributed by atoms with Crippen molar-refractivity contribution in [3.63, 3.8) is 0 Å². The fourth-order valence-electron chi connectivity index (χ4n) is 3.43. The molecule has 2 fully saturated rings. The molecule has 2 heteroatoms. The number of nitrogens with one attached hydrogen (secondary N) is 1. The Labute approximate surface area is 107 Å². The van der Waals surface area contributed by atoms with Crippen LogP contribution in [-0.2, 0) is 0 Å². The van der Waals surface area contributed by atoms with Crippen LogP contribution in [0.15, 0.2) is 0 Å². The maximum absolute atomic E-state index is 3.60. The molecule has 100 valence electrons. The Morgan fingerprint density at radius 1 is 1.06 bits per heavy atom. The third-order valence-corrected chi connectivity index (χ3v) is 4.86. The molecule has 2 rings (SSSR count). The molecule has 17 heavy (non-hydrogen) atoms. The first-order chi connectivity index (χ1) is 8.11. The van der Waals surface area contributed by atoms with Gasteiger partial charge in [0.05, 0.1) is 0 Å². The number of likely N-dealkylation sites (tertiary alicyclic amines) is 1. The van der Waals surface area contributed by atoms with Gasteiger partial charge in [-0.15, -0.1) is 0 Å². The van der Waals surface area contributed by atoms with Crippen LogP contribution in [0.4, 0.5) is 0 Å². The first kappa shape index (κ1) is 13.4. The van der Waals surface area contributed by atoms with Gasteiger partial charge in [0.15, 0.2) is 0 Å². The van der Waals surface area contributed by atoms with E-state index >= 15 is 0 Å². The Hall–Kier alpha value is -0.0800. The van der Waals surface area contributed by atoms with Crippen molar-refractivity contribution in [2.24, 2.45) is 5.41 Å². The number of hydrogen-bond acceptors (Lipinski definition) is 2. The highest BCUT2D eigenvalue weighted by Crippen LogP contribution is 2.33. The molecule has 1 aliphatic carbocycles. The molecule has 2 nitrogen and oxygen atoms in total. The maximum atomic E-state index is 3.60. The first-order valence-corrected chi connectivity index (χ1v) is 7.58. The molecule has 1 N–H and O–H groups in total. The van der Waals surface area contributed by atoms with E-state index in [2.05, 4.69) is 31.0 Å². The average Bonchev–Trinajstić information content (AvgIpc) is 2.31. The number of hydrogen-bond donors (Lipinski definition) is 1. The van der Waals surface area contributed by atoms with Gasteiger partial charge in [0, 0.05) is 12.1 Å². The molecule has 0 amide bonds. The van der Waals surface area contributed by atoms with Crippen LogP contribution >= 0.6 is 0 Å². The molecule has 1 saturated carbocycles. The van der Waals surface area contributed by atoms with Crippen LogP contribution in [0.3, 0.4) is 0 Å². The van der Waals surface area contributed by atoms with E-state index < -0.39 is 0 Å². The summed E-state index contributed by atoms with van der Waals surface area (Å²) < 4.78 is 0. The van der Waals surface area contributed by atoms with Crippen LogP contribution in [-0.4, -0.2) is 36.6 Å². The fourth-order valence-corrected chi connectivity index (χ4v) is 3.43. The molecule has 0 spiro atoms. The van der Waals surface area contributed by atoms with E-state index in [4.69, 9.17) is 0 Å². The molecule has 1 heterocycles. The minimum absolute atomic E-state index is 0.595. The zero-order valence-electron chi connectivity index (χ0n) is 12.0. The van der Waals surface area contributed by atoms with E-state index in [1.807, 2.05) is 0 Å². The van der Waals surface area contributed by atoms with Gasteiger partial charge in [-0.3, -0.25) is 0 Å². The largest absolute Gasteiger partial charge is 0.314 e. The van der Waals surface area contributed by atoms with Crippen molar-refractivity contribution >= 4 is 0 Å². The molecular weight excluding hydrogens is 208 g/mol. The summed E-state index contributed by atoms with van der Waals surface area (Å²) in [5, 5.41) is 3.60. The van der Waals surface area contributed by atoms with Gasteiger partial charge >= 0.3 is 0 Å². The Bertz CT molecular complexity index is 219. The Balaban J connectivity index is 1.74. The van der Waals surface area contributed by atoms with E-state index in [-0.39, 0.29) is 0 Å². The van der Waals surface area contributed by atoms with Crippen LogP contribution in [0.5, 0.6) is 0 Å². The van der Waals surface area contributed by atoms with Gasteiger partial charge in [-0.05, 0) is 63.6 Å². The van der Waals surface area contributed by atoms with E-state index in [0.29, 0.717) is 5.41 Å². The normalized spacial score (nSPS) is 34.8. The highest BCUT2D eigenvalue weighted by molar-refractivity contribution is 4.87. The number of rotatable bonds is 3. The van der Waals surface area contributed by atoms with E-state index in [9.17, 15) is 0 Å². The lowest BCUT2D eigenvalue weighted by Crippen LogP contribution is -2.47. The lowest BCUT2D eigenvalue weighted by atomic mass is 9.81. The number of nitrogens with zero attached hydrogens (tertiary/aromatic N) is 1. The van der Waals surface area contributed by atoms with Crippen LogP contribution < -0.4 is 5.32 Å². The summed E-state index contributed by atoms with van der Waals surface area (Å²) in [5.74, 6) is 0. The van der Waals surface area contributed by atoms with Crippen molar-refractivity contribution in [3.05, 3.63) is 0 Å². The van der Waals surface area contributed by atoms with Crippen molar-refractivity contribution in [2.45, 2.75) is 71.4 Å². The van der Waals surface area contributed by atoms with Crippen molar-refractivity contribution in [2.75, 3.05) is 19.6 Å². The number of piperidine rings is 1. The van der Waals surface area contributed by atoms with Gasteiger partial charge in [-0.25, -0.2) is 0 Å². The molecule has 0 atom stereocenters. The highest BCUT2D eigenvalue weighted by Gasteiger charge is 2.31. The molecular formula is C15H30N2. The van der Waals surface area contributed by atoms with Gasteiger partial charge < -0.3 is 10.2 Å². The van der Waals surface area contributed by atoms with Gasteiger partial charge in [0.2, 0.25) is 0 Å². The standard InChI is InChI=1S/C15H30N2/c1-4-16-13-5-7-14(8-6-13)17-11-9-15(2,3)10-12-17/h13-14,16H,4-12H2,1-3H3. The van der Waals surface area contributed by atoms with Gasteiger partial charge in [0.1, 0.15) is 0 Å². The minimum Gasteiger partial charge on any atom is -0.314 e. The second kappa shape index (κ2) is 5.71. The van der Waals surface area contributed by atoms with Gasteiger partial charge in [0.25, 0.3) is 0 Å². The van der Waals surface area contributed by atoms with Gasteiger partial charge in [-0.2, -0.15) is 0 Å². The third-order valence-electron chi connectivity index (χ3n) is 4.86. The molecule has 0 aromatic rings. The van der Waals surface area contributed by atoms with Crippen molar-refractivity contribution < 1.29 is 0 Å². The van der Waals surface area contributed by atoms with E-state index in [1.54, 1.807) is 0 Å². The first-order valence-electron chi connectivity index (χ1n) is 7.58. The summed E-state index contributed by atoms with van der Waals surface area (Å²) in [6.07, 6.45) is 8.38. The Kier molecular flexibility index (Phi) is 4.48. The third kappa shape index (κ3) is 3.69. The molecule has 2 aliphatic rings. The monoisotopic (exact) mass is 238 g/mol. The lowest BCUT2D eigenvalue weighted by molar-refractivity contribution is 0.0714. The smallest absolute Gasteiger partial charge is 0.00964 e. The topological polar surface area (TPSA) is 15.3 Å². The highest BCUT2D eigenvalue weighted by atomic mass is 15.2. The summed E-state index contributed by atoms with van der Waals surface area (Å²) in [7, 11) is 0. The zero-order chi connectivity index (χ0) is 12.3. The Morgan fingerprint density at radius 2 is 1.65 bits per heavy atom. The molecule has 0 radical (unpaired) electrons. The molecule has 0 bridgehead atoms. The quantitative estimate of drug-likeness (QED) is 0.813. The van der Waals surface area contributed by atoms with Crippen molar-refractivity contribution in [1.29, 1.82) is 0 Å². The lowest BCUT2D eigenvalue weighted by Gasteiger charge is -2.43. The predicted octanol–water partition coefficient (Wildman–Crippen LogP) is 3.03. The predicted molar refractivity (Wildman–Crippen MR) is 74.3 cm³/mol. The summed E-state index contributed by atoms with van der Waals surface area (Å²) >= 11 is 0. The van der Waals surface area contributed by atoms with Crippen molar-refractivity contribution in [3.8, 4) is 0 Å². The molecule has 0 aromatic carbocycles. The second-order valence-corrected chi connectivity index (χ2v) is 6.76. The summed E-state index contributed by atoms with van der Waals surface area (Å²) in [4.78, 5) is 2.77. The SMILES string of the molecule is CCNC1CCC(N2CCC(C)(C)CC2)CC1. The Morgan fingerprint density at radius 3 is 2.18 bits per heavy atom. The van der Waals surface area contributed by atoms with Crippen LogP contribution in [0.25, 0.3) is 0 Å². The molecule has 0 unspecified atom stereocenters. The maximum Gasteiger partial charge on any atom is 0.00964 e. The van der Waals surface area contributed by atoms with Crippen molar-refractivity contribution in [1.82, 2.24) is 10.2 Å². The fraction of sp³-hybridized carbons (Fsp3) is 1.00. The van der Waals surface area contributed by atoms with E-state index in [1.165, 1.54) is 51.6 Å².